The van der Waals surface area contributed by atoms with Crippen LogP contribution < -0.4 is 5.73 Å². The Morgan fingerprint density at radius 3 is 2.81 bits per heavy atom. The van der Waals surface area contributed by atoms with E-state index in [4.69, 9.17) is 5.73 Å². The van der Waals surface area contributed by atoms with Crippen LogP contribution in [0.3, 0.4) is 0 Å². The Hall–Kier alpha value is -0.160. The van der Waals surface area contributed by atoms with Crippen LogP contribution in [-0.4, -0.2) is 65.3 Å². The Morgan fingerprint density at radius 1 is 1.44 bits per heavy atom. The smallest absolute Gasteiger partial charge is 0.0601 e. The first-order valence-electron chi connectivity index (χ1n) is 6.49. The predicted molar refractivity (Wildman–Crippen MR) is 65.3 cm³/mol. The van der Waals surface area contributed by atoms with Gasteiger partial charge in [0.1, 0.15) is 0 Å². The zero-order chi connectivity index (χ0) is 11.7. The third-order valence-corrected chi connectivity index (χ3v) is 4.21. The number of piperazine rings is 1. The average Bonchev–Trinajstić information content (AvgIpc) is 2.65. The first-order valence-corrected chi connectivity index (χ1v) is 6.49. The summed E-state index contributed by atoms with van der Waals surface area (Å²) in [6.45, 7) is 7.88. The molecule has 0 radical (unpaired) electrons. The minimum Gasteiger partial charge on any atom is -0.395 e. The van der Waals surface area contributed by atoms with Gasteiger partial charge in [0.2, 0.25) is 0 Å². The number of aliphatic hydroxyl groups is 1. The van der Waals surface area contributed by atoms with Crippen molar-refractivity contribution in [3.05, 3.63) is 0 Å². The maximum Gasteiger partial charge on any atom is 0.0601 e. The monoisotopic (exact) mass is 227 g/mol. The Labute approximate surface area is 98.4 Å². The highest BCUT2D eigenvalue weighted by atomic mass is 16.3. The summed E-state index contributed by atoms with van der Waals surface area (Å²) in [4.78, 5) is 5.01. The normalized spacial score (nSPS) is 36.0. The molecule has 0 aromatic heterocycles. The van der Waals surface area contributed by atoms with E-state index in [0.717, 1.165) is 13.1 Å². The fraction of sp³-hybridized carbons (Fsp3) is 1.00. The molecule has 2 heterocycles. The minimum atomic E-state index is 0.0420. The van der Waals surface area contributed by atoms with Crippen LogP contribution >= 0.6 is 0 Å². The second-order valence-corrected chi connectivity index (χ2v) is 5.45. The number of nitrogens with two attached hydrogens (primary N) is 1. The summed E-state index contributed by atoms with van der Waals surface area (Å²) in [5.74, 6) is 0. The summed E-state index contributed by atoms with van der Waals surface area (Å²) < 4.78 is 0. The van der Waals surface area contributed by atoms with Gasteiger partial charge in [-0.2, -0.15) is 0 Å². The summed E-state index contributed by atoms with van der Waals surface area (Å²) in [6.07, 6.45) is 2.63. The van der Waals surface area contributed by atoms with Crippen molar-refractivity contribution in [3.8, 4) is 0 Å². The lowest BCUT2D eigenvalue weighted by molar-refractivity contribution is 0.00179. The topological polar surface area (TPSA) is 52.7 Å². The fourth-order valence-electron chi connectivity index (χ4n) is 3.25. The van der Waals surface area contributed by atoms with Crippen LogP contribution in [0.15, 0.2) is 0 Å². The van der Waals surface area contributed by atoms with E-state index in [2.05, 4.69) is 16.7 Å². The van der Waals surface area contributed by atoms with Crippen LogP contribution in [-0.2, 0) is 0 Å². The number of fused-ring (bicyclic) bond motifs is 1. The second kappa shape index (κ2) is 5.00. The molecule has 2 aliphatic rings. The highest BCUT2D eigenvalue weighted by molar-refractivity contribution is 4.94. The average molecular weight is 227 g/mol. The SMILES string of the molecule is CC(N)C(CO)N1CC2CCCN2CC1C. The van der Waals surface area contributed by atoms with Gasteiger partial charge in [-0.3, -0.25) is 9.80 Å². The van der Waals surface area contributed by atoms with Crippen molar-refractivity contribution in [1.29, 1.82) is 0 Å². The molecule has 2 saturated heterocycles. The van der Waals surface area contributed by atoms with Crippen LogP contribution in [0.1, 0.15) is 26.7 Å². The van der Waals surface area contributed by atoms with Crippen molar-refractivity contribution < 1.29 is 5.11 Å². The summed E-state index contributed by atoms with van der Waals surface area (Å²) in [5, 5.41) is 9.47. The van der Waals surface area contributed by atoms with Crippen LogP contribution in [0.2, 0.25) is 0 Å². The molecule has 0 aromatic rings. The van der Waals surface area contributed by atoms with E-state index >= 15 is 0 Å². The van der Waals surface area contributed by atoms with Crippen LogP contribution in [0.25, 0.3) is 0 Å². The van der Waals surface area contributed by atoms with Gasteiger partial charge < -0.3 is 10.8 Å². The lowest BCUT2D eigenvalue weighted by atomic mass is 10.0. The van der Waals surface area contributed by atoms with E-state index < -0.39 is 0 Å². The molecule has 94 valence electrons. The molecule has 0 aromatic carbocycles. The van der Waals surface area contributed by atoms with Crippen molar-refractivity contribution in [2.45, 2.75) is 50.9 Å². The lowest BCUT2D eigenvalue weighted by Gasteiger charge is -2.46. The summed E-state index contributed by atoms with van der Waals surface area (Å²) in [6, 6.07) is 1.37. The lowest BCUT2D eigenvalue weighted by Crippen LogP contribution is -2.62. The van der Waals surface area contributed by atoms with E-state index in [1.165, 1.54) is 19.4 Å². The zero-order valence-corrected chi connectivity index (χ0v) is 10.5. The maximum atomic E-state index is 9.47. The molecule has 16 heavy (non-hydrogen) atoms. The van der Waals surface area contributed by atoms with Crippen molar-refractivity contribution >= 4 is 0 Å². The Bertz CT molecular complexity index is 234. The molecule has 0 amide bonds. The van der Waals surface area contributed by atoms with Gasteiger partial charge in [-0.05, 0) is 33.2 Å². The van der Waals surface area contributed by atoms with Gasteiger partial charge in [0.25, 0.3) is 0 Å². The number of nitrogens with zero attached hydrogens (tertiary/aromatic N) is 2. The molecule has 0 bridgehead atoms. The number of hydrogen-bond acceptors (Lipinski definition) is 4. The quantitative estimate of drug-likeness (QED) is 0.705. The summed E-state index contributed by atoms with van der Waals surface area (Å²) in [7, 11) is 0. The molecule has 4 atom stereocenters. The Balaban J connectivity index is 2.03. The largest absolute Gasteiger partial charge is 0.395 e. The molecule has 2 rings (SSSR count). The molecule has 2 fully saturated rings. The van der Waals surface area contributed by atoms with E-state index in [0.29, 0.717) is 12.1 Å². The highest BCUT2D eigenvalue weighted by Crippen LogP contribution is 2.26. The highest BCUT2D eigenvalue weighted by Gasteiger charge is 2.37. The molecule has 4 nitrogen and oxygen atoms in total. The van der Waals surface area contributed by atoms with Crippen molar-refractivity contribution in [3.63, 3.8) is 0 Å². The molecule has 2 aliphatic heterocycles. The molecule has 4 unspecified atom stereocenters. The van der Waals surface area contributed by atoms with E-state index in [-0.39, 0.29) is 18.7 Å². The second-order valence-electron chi connectivity index (χ2n) is 5.45. The van der Waals surface area contributed by atoms with Gasteiger partial charge in [0.15, 0.2) is 0 Å². The molecule has 3 N–H and O–H groups in total. The number of rotatable bonds is 3. The molecule has 0 saturated carbocycles. The van der Waals surface area contributed by atoms with Crippen LogP contribution in [0.5, 0.6) is 0 Å². The third kappa shape index (κ3) is 2.25. The van der Waals surface area contributed by atoms with Gasteiger partial charge in [-0.25, -0.2) is 0 Å². The van der Waals surface area contributed by atoms with Crippen molar-refractivity contribution in [2.24, 2.45) is 5.73 Å². The van der Waals surface area contributed by atoms with Gasteiger partial charge in [-0.15, -0.1) is 0 Å². The van der Waals surface area contributed by atoms with E-state index in [1.54, 1.807) is 0 Å². The van der Waals surface area contributed by atoms with Crippen molar-refractivity contribution in [1.82, 2.24) is 9.80 Å². The molecule has 0 spiro atoms. The first-order chi connectivity index (χ1) is 7.63. The molecular weight excluding hydrogens is 202 g/mol. The van der Waals surface area contributed by atoms with Gasteiger partial charge in [-0.1, -0.05) is 0 Å². The van der Waals surface area contributed by atoms with E-state index in [9.17, 15) is 5.11 Å². The van der Waals surface area contributed by atoms with Gasteiger partial charge >= 0.3 is 0 Å². The fourth-order valence-corrected chi connectivity index (χ4v) is 3.25. The van der Waals surface area contributed by atoms with E-state index in [1.807, 2.05) is 6.92 Å². The van der Waals surface area contributed by atoms with Crippen molar-refractivity contribution in [2.75, 3.05) is 26.2 Å². The van der Waals surface area contributed by atoms with Crippen LogP contribution in [0.4, 0.5) is 0 Å². The molecule has 0 aliphatic carbocycles. The predicted octanol–water partition coefficient (Wildman–Crippen LogP) is -0.137. The van der Waals surface area contributed by atoms with Gasteiger partial charge in [0, 0.05) is 37.3 Å². The third-order valence-electron chi connectivity index (χ3n) is 4.21. The number of hydrogen-bond donors (Lipinski definition) is 2. The summed E-state index contributed by atoms with van der Waals surface area (Å²) >= 11 is 0. The van der Waals surface area contributed by atoms with Gasteiger partial charge in [0.05, 0.1) is 6.61 Å². The maximum absolute atomic E-state index is 9.47. The zero-order valence-electron chi connectivity index (χ0n) is 10.5. The summed E-state index contributed by atoms with van der Waals surface area (Å²) in [5.41, 5.74) is 5.96. The Morgan fingerprint density at radius 2 is 2.19 bits per heavy atom. The molecular formula is C12H25N3O. The first kappa shape index (κ1) is 12.3. The minimum absolute atomic E-state index is 0.0420. The number of aliphatic hydroxyl groups excluding tert-OH is 1. The standard InChI is InChI=1S/C12H25N3O/c1-9-6-14-5-3-4-11(14)7-15(9)12(8-16)10(2)13/h9-12,16H,3-8,13H2,1-2H3. The molecule has 4 heteroatoms. The van der Waals surface area contributed by atoms with Crippen LogP contribution in [0, 0.1) is 0 Å². The Kier molecular flexibility index (Phi) is 3.85.